The number of ether oxygens (including phenoxy) is 1. The van der Waals surface area contributed by atoms with Crippen LogP contribution in [0.2, 0.25) is 0 Å². The number of carbonyl (C=O) groups is 1. The molecule has 1 aliphatic heterocycles. The highest BCUT2D eigenvalue weighted by atomic mass is 16.5. The number of hydrogen-bond acceptors (Lipinski definition) is 3. The van der Waals surface area contributed by atoms with Crippen molar-refractivity contribution < 1.29 is 9.53 Å². The van der Waals surface area contributed by atoms with Crippen molar-refractivity contribution in [1.82, 2.24) is 14.7 Å². The molecule has 5 nitrogen and oxygen atoms in total. The van der Waals surface area contributed by atoms with Crippen LogP contribution in [0.25, 0.3) is 0 Å². The van der Waals surface area contributed by atoms with Crippen LogP contribution in [0.5, 0.6) is 5.88 Å². The minimum absolute atomic E-state index is 0.275. The molecule has 0 N–H and O–H groups in total. The molecule has 2 saturated carbocycles. The molecule has 0 saturated heterocycles. The largest absolute Gasteiger partial charge is 0.472 e. The molecule has 3 atom stereocenters. The first-order valence-corrected chi connectivity index (χ1v) is 10.8. The molecule has 2 bridgehead atoms. The first-order chi connectivity index (χ1) is 13.8. The molecule has 28 heavy (non-hydrogen) atoms. The van der Waals surface area contributed by atoms with Crippen LogP contribution in [0.15, 0.2) is 36.4 Å². The third kappa shape index (κ3) is 3.80. The van der Waals surface area contributed by atoms with Crippen molar-refractivity contribution in [3.8, 4) is 5.88 Å². The molecule has 1 aromatic carbocycles. The van der Waals surface area contributed by atoms with Gasteiger partial charge in [0.05, 0.1) is 18.8 Å². The summed E-state index contributed by atoms with van der Waals surface area (Å²) in [5, 5.41) is 4.55. The van der Waals surface area contributed by atoms with E-state index in [0.717, 1.165) is 36.7 Å². The molecule has 1 amide bonds. The number of nitrogens with zero attached hydrogens (tertiary/aromatic N) is 3. The van der Waals surface area contributed by atoms with E-state index < -0.39 is 0 Å². The van der Waals surface area contributed by atoms with Gasteiger partial charge in [0.2, 0.25) is 11.8 Å². The SMILES string of the molecule is CC.O=C(C1CC2CCC1C2)N1CCn2nc(OCc3ccccc3)cc2C1. The predicted octanol–water partition coefficient (Wildman–Crippen LogP) is 4.27. The van der Waals surface area contributed by atoms with Crippen LogP contribution in [0.3, 0.4) is 0 Å². The fraction of sp³-hybridized carbons (Fsp3) is 0.565. The Morgan fingerprint density at radius 2 is 1.96 bits per heavy atom. The normalized spacial score (nSPS) is 25.1. The van der Waals surface area contributed by atoms with E-state index in [2.05, 4.69) is 5.10 Å². The Morgan fingerprint density at radius 1 is 1.14 bits per heavy atom. The van der Waals surface area contributed by atoms with Gasteiger partial charge in [-0.2, -0.15) is 0 Å². The Hall–Kier alpha value is -2.30. The predicted molar refractivity (Wildman–Crippen MR) is 109 cm³/mol. The van der Waals surface area contributed by atoms with E-state index in [1.807, 2.05) is 59.8 Å². The lowest BCUT2D eigenvalue weighted by molar-refractivity contribution is -0.138. The maximum absolute atomic E-state index is 13.0. The molecular formula is C23H31N3O2. The first kappa shape index (κ1) is 19.0. The van der Waals surface area contributed by atoms with Crippen molar-refractivity contribution in [2.45, 2.75) is 59.2 Å². The number of fused-ring (bicyclic) bond motifs is 3. The van der Waals surface area contributed by atoms with E-state index in [4.69, 9.17) is 4.74 Å². The number of hydrogen-bond donors (Lipinski definition) is 0. The Kier molecular flexibility index (Phi) is 5.69. The highest BCUT2D eigenvalue weighted by molar-refractivity contribution is 5.79. The second kappa shape index (κ2) is 8.38. The monoisotopic (exact) mass is 381 g/mol. The van der Waals surface area contributed by atoms with E-state index in [0.29, 0.717) is 30.9 Å². The van der Waals surface area contributed by atoms with Gasteiger partial charge in [0.1, 0.15) is 6.61 Å². The summed E-state index contributed by atoms with van der Waals surface area (Å²) in [4.78, 5) is 15.0. The topological polar surface area (TPSA) is 47.4 Å². The fourth-order valence-corrected chi connectivity index (χ4v) is 5.01. The smallest absolute Gasteiger partial charge is 0.233 e. The standard InChI is InChI=1S/C21H25N3O2.C2H6/c25-21(19-11-16-6-7-17(19)10-16)23-8-9-24-18(13-23)12-20(22-24)26-14-15-4-2-1-3-5-15;1-2/h1-5,12,16-17,19H,6-11,13-14H2;1-2H3. The summed E-state index contributed by atoms with van der Waals surface area (Å²) < 4.78 is 7.84. The zero-order chi connectivity index (χ0) is 19.5. The molecule has 1 aromatic heterocycles. The lowest BCUT2D eigenvalue weighted by Crippen LogP contribution is -2.42. The van der Waals surface area contributed by atoms with Crippen LogP contribution in [-0.4, -0.2) is 27.1 Å². The van der Waals surface area contributed by atoms with Crippen molar-refractivity contribution in [2.75, 3.05) is 6.54 Å². The molecule has 2 aliphatic carbocycles. The summed E-state index contributed by atoms with van der Waals surface area (Å²) in [5.74, 6) is 2.75. The van der Waals surface area contributed by atoms with Gasteiger partial charge in [0.15, 0.2) is 0 Å². The van der Waals surface area contributed by atoms with Gasteiger partial charge >= 0.3 is 0 Å². The van der Waals surface area contributed by atoms with Crippen LogP contribution in [-0.2, 0) is 24.5 Å². The highest BCUT2D eigenvalue weighted by Crippen LogP contribution is 2.49. The van der Waals surface area contributed by atoms with Gasteiger partial charge in [-0.1, -0.05) is 50.6 Å². The molecule has 3 aliphatic rings. The number of rotatable bonds is 4. The average Bonchev–Trinajstić information content (AvgIpc) is 3.48. The lowest BCUT2D eigenvalue weighted by Gasteiger charge is -2.32. The maximum atomic E-state index is 13.0. The Bertz CT molecular complexity index is 801. The van der Waals surface area contributed by atoms with Crippen LogP contribution in [0, 0.1) is 17.8 Å². The van der Waals surface area contributed by atoms with Crippen LogP contribution < -0.4 is 4.74 Å². The zero-order valence-corrected chi connectivity index (χ0v) is 17.0. The molecule has 2 aromatic rings. The van der Waals surface area contributed by atoms with Gasteiger partial charge in [-0.05, 0) is 36.7 Å². The molecule has 0 spiro atoms. The van der Waals surface area contributed by atoms with Crippen molar-refractivity contribution in [3.63, 3.8) is 0 Å². The second-order valence-corrected chi connectivity index (χ2v) is 8.01. The van der Waals surface area contributed by atoms with Gasteiger partial charge in [0.25, 0.3) is 0 Å². The number of carbonyl (C=O) groups excluding carboxylic acids is 1. The third-order valence-corrected chi connectivity index (χ3v) is 6.37. The fourth-order valence-electron chi connectivity index (χ4n) is 5.01. The minimum Gasteiger partial charge on any atom is -0.472 e. The average molecular weight is 382 g/mol. The van der Waals surface area contributed by atoms with Gasteiger partial charge < -0.3 is 9.64 Å². The summed E-state index contributed by atoms with van der Waals surface area (Å²) in [6.07, 6.45) is 4.98. The molecule has 5 heteroatoms. The quantitative estimate of drug-likeness (QED) is 0.795. The molecule has 0 radical (unpaired) electrons. The van der Waals surface area contributed by atoms with E-state index in [-0.39, 0.29) is 5.92 Å². The minimum atomic E-state index is 0.275. The van der Waals surface area contributed by atoms with Gasteiger partial charge in [-0.15, -0.1) is 5.10 Å². The van der Waals surface area contributed by atoms with Crippen molar-refractivity contribution >= 4 is 5.91 Å². The Morgan fingerprint density at radius 3 is 2.68 bits per heavy atom. The van der Waals surface area contributed by atoms with E-state index >= 15 is 0 Å². The zero-order valence-electron chi connectivity index (χ0n) is 17.0. The summed E-state index contributed by atoms with van der Waals surface area (Å²) >= 11 is 0. The summed E-state index contributed by atoms with van der Waals surface area (Å²) in [7, 11) is 0. The van der Waals surface area contributed by atoms with Gasteiger partial charge in [-0.25, -0.2) is 0 Å². The number of benzene rings is 1. The summed E-state index contributed by atoms with van der Waals surface area (Å²) in [5.41, 5.74) is 2.21. The maximum Gasteiger partial charge on any atom is 0.233 e. The van der Waals surface area contributed by atoms with E-state index in [1.54, 1.807) is 0 Å². The van der Waals surface area contributed by atoms with Crippen molar-refractivity contribution in [1.29, 1.82) is 0 Å². The van der Waals surface area contributed by atoms with E-state index in [9.17, 15) is 4.79 Å². The van der Waals surface area contributed by atoms with Crippen molar-refractivity contribution in [2.24, 2.45) is 17.8 Å². The number of amides is 1. The van der Waals surface area contributed by atoms with Crippen molar-refractivity contribution in [3.05, 3.63) is 47.7 Å². The first-order valence-electron chi connectivity index (χ1n) is 10.8. The molecular weight excluding hydrogens is 350 g/mol. The third-order valence-electron chi connectivity index (χ3n) is 6.37. The number of aromatic nitrogens is 2. The van der Waals surface area contributed by atoms with Gasteiger partial charge in [0, 0.05) is 18.5 Å². The van der Waals surface area contributed by atoms with Gasteiger partial charge in [-0.3, -0.25) is 9.48 Å². The lowest BCUT2D eigenvalue weighted by atomic mass is 9.87. The molecule has 3 unspecified atom stereocenters. The summed E-state index contributed by atoms with van der Waals surface area (Å²) in [6, 6.07) is 12.1. The van der Waals surface area contributed by atoms with Crippen LogP contribution in [0.1, 0.15) is 50.8 Å². The molecule has 2 heterocycles. The Labute approximate surface area is 167 Å². The molecule has 2 fully saturated rings. The summed E-state index contributed by atoms with van der Waals surface area (Å²) in [6.45, 7) is 6.70. The molecule has 150 valence electrons. The highest BCUT2D eigenvalue weighted by Gasteiger charge is 2.44. The van der Waals surface area contributed by atoms with E-state index in [1.165, 1.54) is 19.3 Å². The van der Waals surface area contributed by atoms with Crippen LogP contribution >= 0.6 is 0 Å². The van der Waals surface area contributed by atoms with Crippen LogP contribution in [0.4, 0.5) is 0 Å². The second-order valence-electron chi connectivity index (χ2n) is 8.01. The Balaban J connectivity index is 0.000000932. The molecule has 5 rings (SSSR count).